The van der Waals surface area contributed by atoms with Crippen LogP contribution in [0.15, 0.2) is 30.3 Å². The van der Waals surface area contributed by atoms with E-state index in [9.17, 15) is 4.79 Å². The molecule has 6 heteroatoms. The van der Waals surface area contributed by atoms with E-state index in [-0.39, 0.29) is 36.8 Å². The van der Waals surface area contributed by atoms with E-state index >= 15 is 0 Å². The monoisotopic (exact) mass is 359 g/mol. The number of carbonyl (C=O) groups excluding carboxylic acids is 1. The second kappa shape index (κ2) is 8.88. The van der Waals surface area contributed by atoms with Crippen molar-refractivity contribution in [1.82, 2.24) is 10.2 Å². The summed E-state index contributed by atoms with van der Waals surface area (Å²) in [7, 11) is 0. The summed E-state index contributed by atoms with van der Waals surface area (Å²) < 4.78 is 0. The van der Waals surface area contributed by atoms with Gasteiger partial charge in [-0.1, -0.05) is 30.3 Å². The number of nitrogens with two attached hydrogens (primary N) is 1. The van der Waals surface area contributed by atoms with Crippen LogP contribution in [0.3, 0.4) is 0 Å². The first kappa shape index (κ1) is 20.2. The number of rotatable bonds is 5. The Hall–Kier alpha value is -0.810. The van der Waals surface area contributed by atoms with Crippen LogP contribution in [0.1, 0.15) is 31.7 Å². The molecule has 0 aromatic heterocycles. The average molecular weight is 360 g/mol. The van der Waals surface area contributed by atoms with Gasteiger partial charge in [-0.2, -0.15) is 0 Å². The van der Waals surface area contributed by atoms with Gasteiger partial charge in [-0.15, -0.1) is 24.8 Å². The maximum absolute atomic E-state index is 12.2. The van der Waals surface area contributed by atoms with E-state index in [0.717, 1.165) is 24.6 Å². The Morgan fingerprint density at radius 1 is 1.30 bits per heavy atom. The molecule has 4 nitrogen and oxygen atoms in total. The average Bonchev–Trinajstić information content (AvgIpc) is 3.24. The van der Waals surface area contributed by atoms with Gasteiger partial charge in [0, 0.05) is 24.7 Å². The minimum atomic E-state index is -0.460. The van der Waals surface area contributed by atoms with Gasteiger partial charge in [-0.05, 0) is 38.2 Å². The topological polar surface area (TPSA) is 58.4 Å². The van der Waals surface area contributed by atoms with Gasteiger partial charge in [-0.25, -0.2) is 0 Å². The van der Waals surface area contributed by atoms with Crippen LogP contribution in [0.25, 0.3) is 0 Å². The molecule has 2 unspecified atom stereocenters. The fraction of sp³-hybridized carbons (Fsp3) is 0.588. The highest BCUT2D eigenvalue weighted by Gasteiger charge is 2.39. The summed E-state index contributed by atoms with van der Waals surface area (Å²) >= 11 is 0. The van der Waals surface area contributed by atoms with Crippen LogP contribution in [0, 0.1) is 0 Å². The molecule has 3 atom stereocenters. The van der Waals surface area contributed by atoms with Crippen molar-refractivity contribution in [2.45, 2.75) is 56.8 Å². The Balaban J connectivity index is 0.00000132. The molecular weight excluding hydrogens is 333 g/mol. The number of nitrogens with zero attached hydrogens (tertiary/aromatic N) is 1. The van der Waals surface area contributed by atoms with Crippen molar-refractivity contribution in [3.8, 4) is 0 Å². The smallest absolute Gasteiger partial charge is 0.237 e. The van der Waals surface area contributed by atoms with E-state index in [1.165, 1.54) is 12.8 Å². The highest BCUT2D eigenvalue weighted by atomic mass is 35.5. The van der Waals surface area contributed by atoms with E-state index in [0.29, 0.717) is 12.5 Å². The van der Waals surface area contributed by atoms with Crippen molar-refractivity contribution in [2.75, 3.05) is 6.54 Å². The molecule has 1 amide bonds. The second-order valence-corrected chi connectivity index (χ2v) is 6.51. The van der Waals surface area contributed by atoms with Gasteiger partial charge in [0.15, 0.2) is 0 Å². The molecular formula is C17H27Cl2N3O. The molecule has 2 aliphatic rings. The van der Waals surface area contributed by atoms with E-state index in [2.05, 4.69) is 17.1 Å². The Kier molecular flexibility index (Phi) is 7.81. The lowest BCUT2D eigenvalue weighted by Gasteiger charge is -2.20. The van der Waals surface area contributed by atoms with Gasteiger partial charge in [0.25, 0.3) is 0 Å². The molecule has 130 valence electrons. The number of hydrogen-bond acceptors (Lipinski definition) is 3. The molecule has 1 aromatic rings. The van der Waals surface area contributed by atoms with E-state index in [1.54, 1.807) is 0 Å². The highest BCUT2D eigenvalue weighted by Crippen LogP contribution is 2.33. The maximum atomic E-state index is 12.2. The van der Waals surface area contributed by atoms with E-state index in [1.807, 2.05) is 30.3 Å². The fourth-order valence-corrected chi connectivity index (χ4v) is 3.34. The Morgan fingerprint density at radius 3 is 2.57 bits per heavy atom. The molecule has 0 radical (unpaired) electrons. The van der Waals surface area contributed by atoms with Crippen LogP contribution in [-0.4, -0.2) is 41.5 Å². The lowest BCUT2D eigenvalue weighted by atomic mass is 10.1. The third-order valence-electron chi connectivity index (χ3n) is 4.62. The number of hydrogen-bond donors (Lipinski definition) is 2. The summed E-state index contributed by atoms with van der Waals surface area (Å²) in [4.78, 5) is 14.8. The summed E-state index contributed by atoms with van der Waals surface area (Å²) in [6.07, 6.45) is 4.28. The molecule has 0 bridgehead atoms. The van der Waals surface area contributed by atoms with Crippen LogP contribution in [0.2, 0.25) is 0 Å². The first-order chi connectivity index (χ1) is 10.1. The predicted molar refractivity (Wildman–Crippen MR) is 98.4 cm³/mol. The summed E-state index contributed by atoms with van der Waals surface area (Å²) in [6.45, 7) is 3.24. The van der Waals surface area contributed by atoms with Crippen molar-refractivity contribution in [1.29, 1.82) is 0 Å². The predicted octanol–water partition coefficient (Wildman–Crippen LogP) is 2.14. The second-order valence-electron chi connectivity index (χ2n) is 6.51. The normalized spacial score (nSPS) is 25.1. The number of halogens is 2. The van der Waals surface area contributed by atoms with Gasteiger partial charge < -0.3 is 11.1 Å². The van der Waals surface area contributed by atoms with Gasteiger partial charge in [0.1, 0.15) is 0 Å². The zero-order chi connectivity index (χ0) is 14.8. The Labute approximate surface area is 151 Å². The SMILES string of the molecule is CC1CC(NC(=O)[C@@H](N)Cc2ccccc2)CN1C1CC1.Cl.Cl. The summed E-state index contributed by atoms with van der Waals surface area (Å²) in [5, 5.41) is 3.14. The highest BCUT2D eigenvalue weighted by molar-refractivity contribution is 5.85. The third kappa shape index (κ3) is 5.35. The fourth-order valence-electron chi connectivity index (χ4n) is 3.34. The summed E-state index contributed by atoms with van der Waals surface area (Å²) in [5.41, 5.74) is 7.15. The van der Waals surface area contributed by atoms with Crippen molar-refractivity contribution < 1.29 is 4.79 Å². The Morgan fingerprint density at radius 2 is 1.96 bits per heavy atom. The minimum absolute atomic E-state index is 0. The summed E-state index contributed by atoms with van der Waals surface area (Å²) in [5.74, 6) is -0.0197. The number of likely N-dealkylation sites (tertiary alicyclic amines) is 1. The lowest BCUT2D eigenvalue weighted by Crippen LogP contribution is -2.47. The number of benzene rings is 1. The van der Waals surface area contributed by atoms with Crippen molar-refractivity contribution in [3.05, 3.63) is 35.9 Å². The third-order valence-corrected chi connectivity index (χ3v) is 4.62. The molecule has 23 heavy (non-hydrogen) atoms. The first-order valence-corrected chi connectivity index (χ1v) is 7.99. The molecule has 2 fully saturated rings. The molecule has 1 heterocycles. The number of nitrogens with one attached hydrogen (secondary N) is 1. The van der Waals surface area contributed by atoms with Crippen molar-refractivity contribution >= 4 is 30.7 Å². The molecule has 1 aliphatic heterocycles. The first-order valence-electron chi connectivity index (χ1n) is 7.99. The Bertz CT molecular complexity index is 496. The molecule has 3 rings (SSSR count). The zero-order valence-electron chi connectivity index (χ0n) is 13.5. The van der Waals surface area contributed by atoms with E-state index < -0.39 is 6.04 Å². The van der Waals surface area contributed by atoms with Crippen LogP contribution >= 0.6 is 24.8 Å². The standard InChI is InChI=1S/C17H25N3O.2ClH/c1-12-9-14(11-20(12)15-7-8-15)19-17(21)16(18)10-13-5-3-2-4-6-13;;/h2-6,12,14-16H,7-11,18H2,1H3,(H,19,21);2*1H/t12?,14?,16-;;/m0../s1. The largest absolute Gasteiger partial charge is 0.351 e. The summed E-state index contributed by atoms with van der Waals surface area (Å²) in [6, 6.07) is 11.1. The van der Waals surface area contributed by atoms with Crippen molar-refractivity contribution in [3.63, 3.8) is 0 Å². The van der Waals surface area contributed by atoms with Gasteiger partial charge in [0.2, 0.25) is 5.91 Å². The van der Waals surface area contributed by atoms with Gasteiger partial charge in [0.05, 0.1) is 6.04 Å². The molecule has 0 spiro atoms. The minimum Gasteiger partial charge on any atom is -0.351 e. The van der Waals surface area contributed by atoms with Crippen molar-refractivity contribution in [2.24, 2.45) is 5.73 Å². The molecule has 1 saturated heterocycles. The van der Waals surface area contributed by atoms with Gasteiger partial charge in [-0.3, -0.25) is 9.69 Å². The van der Waals surface area contributed by atoms with Crippen LogP contribution < -0.4 is 11.1 Å². The quantitative estimate of drug-likeness (QED) is 0.846. The number of amides is 1. The molecule has 1 aliphatic carbocycles. The maximum Gasteiger partial charge on any atom is 0.237 e. The zero-order valence-corrected chi connectivity index (χ0v) is 15.1. The lowest BCUT2D eigenvalue weighted by molar-refractivity contribution is -0.123. The molecule has 3 N–H and O–H groups in total. The van der Waals surface area contributed by atoms with Crippen LogP contribution in [0.5, 0.6) is 0 Å². The van der Waals surface area contributed by atoms with E-state index in [4.69, 9.17) is 5.73 Å². The van der Waals surface area contributed by atoms with Crippen LogP contribution in [0.4, 0.5) is 0 Å². The van der Waals surface area contributed by atoms with Gasteiger partial charge >= 0.3 is 0 Å². The molecule has 1 saturated carbocycles. The van der Waals surface area contributed by atoms with Crippen LogP contribution in [-0.2, 0) is 11.2 Å². The molecule has 1 aromatic carbocycles. The number of carbonyl (C=O) groups is 1.